The van der Waals surface area contributed by atoms with Gasteiger partial charge in [-0.05, 0) is 148 Å². The maximum Gasteiger partial charge on any atom is 0.252 e. The third-order valence-corrected chi connectivity index (χ3v) is 15.6. The summed E-state index contributed by atoms with van der Waals surface area (Å²) in [5, 5.41) is 0. The number of nitrogens with zero attached hydrogens (tertiary/aromatic N) is 2. The van der Waals surface area contributed by atoms with Crippen molar-refractivity contribution in [3.05, 3.63) is 173 Å². The summed E-state index contributed by atoms with van der Waals surface area (Å²) in [5.41, 5.74) is 24.6. The second kappa shape index (κ2) is 15.4. The second-order valence-electron chi connectivity index (χ2n) is 25.9. The van der Waals surface area contributed by atoms with E-state index in [1.807, 2.05) is 0 Å². The Labute approximate surface area is 409 Å². The first-order valence-corrected chi connectivity index (χ1v) is 25.3. The minimum atomic E-state index is -0.149. The van der Waals surface area contributed by atoms with Gasteiger partial charge in [0.2, 0.25) is 0 Å². The number of hydrogen-bond acceptors (Lipinski definition) is 2. The van der Waals surface area contributed by atoms with Crippen LogP contribution in [0.1, 0.15) is 151 Å². The average Bonchev–Trinajstić information content (AvgIpc) is 3.45. The average molecular weight is 893 g/mol. The lowest BCUT2D eigenvalue weighted by atomic mass is 9.33. The fourth-order valence-corrected chi connectivity index (χ4v) is 12.0. The number of rotatable bonds is 4. The molecular formula is C65H73BN2. The molecule has 0 spiro atoms. The molecule has 7 aromatic carbocycles. The molecule has 0 unspecified atom stereocenters. The molecule has 7 aromatic rings. The van der Waals surface area contributed by atoms with Crippen molar-refractivity contribution in [1.29, 1.82) is 0 Å². The van der Waals surface area contributed by atoms with Crippen LogP contribution in [0.15, 0.2) is 140 Å². The van der Waals surface area contributed by atoms with Gasteiger partial charge in [0.05, 0.1) is 5.69 Å². The van der Waals surface area contributed by atoms with Gasteiger partial charge in [-0.25, -0.2) is 0 Å². The normalized spacial score (nSPS) is 16.0. The maximum absolute atomic E-state index is 2.75. The zero-order valence-electron chi connectivity index (χ0n) is 44.0. The molecule has 68 heavy (non-hydrogen) atoms. The first kappa shape index (κ1) is 46.0. The largest absolute Gasteiger partial charge is 0.311 e. The van der Waals surface area contributed by atoms with E-state index in [9.17, 15) is 0 Å². The summed E-state index contributed by atoms with van der Waals surface area (Å²) in [5.74, 6) is 0. The van der Waals surface area contributed by atoms with Crippen molar-refractivity contribution in [2.24, 2.45) is 0 Å². The fraction of sp³-hybridized carbons (Fsp3) is 0.354. The molecule has 3 aliphatic rings. The summed E-state index contributed by atoms with van der Waals surface area (Å²) < 4.78 is 0. The third kappa shape index (κ3) is 7.55. The third-order valence-electron chi connectivity index (χ3n) is 15.6. The minimum Gasteiger partial charge on any atom is -0.311 e. The second-order valence-corrected chi connectivity index (χ2v) is 25.9. The zero-order valence-corrected chi connectivity index (χ0v) is 44.0. The van der Waals surface area contributed by atoms with Crippen molar-refractivity contribution in [1.82, 2.24) is 0 Å². The Hall–Kier alpha value is -5.80. The summed E-state index contributed by atoms with van der Waals surface area (Å²) in [6.07, 6.45) is 1.10. The molecule has 1 aliphatic carbocycles. The lowest BCUT2D eigenvalue weighted by molar-refractivity contribution is 0.403. The highest BCUT2D eigenvalue weighted by Crippen LogP contribution is 2.56. The van der Waals surface area contributed by atoms with Gasteiger partial charge in [-0.2, -0.15) is 0 Å². The molecule has 2 heterocycles. The van der Waals surface area contributed by atoms with Gasteiger partial charge in [-0.15, -0.1) is 0 Å². The molecule has 0 fully saturated rings. The van der Waals surface area contributed by atoms with E-state index in [0.717, 1.165) is 6.42 Å². The van der Waals surface area contributed by atoms with Gasteiger partial charge in [0.1, 0.15) is 0 Å². The number of benzene rings is 7. The number of fused-ring (bicyclic) bond motifs is 5. The predicted octanol–water partition coefficient (Wildman–Crippen LogP) is 16.3. The molecular weight excluding hydrogens is 820 g/mol. The molecule has 0 atom stereocenters. The monoisotopic (exact) mass is 893 g/mol. The molecule has 0 saturated carbocycles. The maximum atomic E-state index is 2.75. The van der Waals surface area contributed by atoms with Crippen LogP contribution in [0.3, 0.4) is 0 Å². The fourth-order valence-electron chi connectivity index (χ4n) is 12.0. The van der Waals surface area contributed by atoms with Gasteiger partial charge in [-0.1, -0.05) is 202 Å². The van der Waals surface area contributed by atoms with Crippen molar-refractivity contribution in [3.8, 4) is 22.3 Å². The number of hydrogen-bond donors (Lipinski definition) is 0. The first-order chi connectivity index (χ1) is 31.7. The molecule has 0 amide bonds. The minimum absolute atomic E-state index is 0.000205. The van der Waals surface area contributed by atoms with E-state index in [0.29, 0.717) is 0 Å². The Morgan fingerprint density at radius 2 is 0.853 bits per heavy atom. The van der Waals surface area contributed by atoms with Crippen LogP contribution in [-0.2, 0) is 32.5 Å². The van der Waals surface area contributed by atoms with Gasteiger partial charge in [0.25, 0.3) is 6.71 Å². The highest BCUT2D eigenvalue weighted by molar-refractivity contribution is 7.00. The first-order valence-electron chi connectivity index (χ1n) is 25.3. The topological polar surface area (TPSA) is 6.48 Å². The lowest BCUT2D eigenvalue weighted by Gasteiger charge is -2.46. The van der Waals surface area contributed by atoms with Crippen LogP contribution in [-0.4, -0.2) is 6.71 Å². The van der Waals surface area contributed by atoms with E-state index in [-0.39, 0.29) is 39.2 Å². The molecule has 0 radical (unpaired) electrons. The van der Waals surface area contributed by atoms with Gasteiger partial charge < -0.3 is 9.80 Å². The van der Waals surface area contributed by atoms with E-state index < -0.39 is 0 Å². The van der Waals surface area contributed by atoms with Crippen LogP contribution in [0.2, 0.25) is 0 Å². The van der Waals surface area contributed by atoms with Crippen molar-refractivity contribution in [2.75, 3.05) is 9.80 Å². The molecule has 3 heteroatoms. The van der Waals surface area contributed by atoms with Crippen LogP contribution >= 0.6 is 0 Å². The van der Waals surface area contributed by atoms with Crippen molar-refractivity contribution >= 4 is 57.2 Å². The highest BCUT2D eigenvalue weighted by Gasteiger charge is 2.49. The predicted molar refractivity (Wildman–Crippen MR) is 297 cm³/mol. The Bertz CT molecular complexity index is 3060. The van der Waals surface area contributed by atoms with Gasteiger partial charge in [0.15, 0.2) is 0 Å². The Morgan fingerprint density at radius 1 is 0.397 bits per heavy atom. The van der Waals surface area contributed by atoms with Crippen molar-refractivity contribution in [3.63, 3.8) is 0 Å². The van der Waals surface area contributed by atoms with E-state index in [4.69, 9.17) is 0 Å². The van der Waals surface area contributed by atoms with Gasteiger partial charge in [0, 0.05) is 39.6 Å². The summed E-state index contributed by atoms with van der Waals surface area (Å²) in [6.45, 7) is 38.2. The van der Waals surface area contributed by atoms with Crippen molar-refractivity contribution < 1.29 is 0 Å². The summed E-state index contributed by atoms with van der Waals surface area (Å²) >= 11 is 0. The SMILES string of the molecule is CC(C)(C)c1cccc(N2c3cc(C(C)(C)C)ccc3B3c4cc5c(cc4N(c4c(-c6ccccc6)cc(C(C)(C)C)cc4-c4ccccc4)c4cc(C(C)(C)C)cc2c43)C(C)(C)CC5(C)C)c1. The van der Waals surface area contributed by atoms with E-state index in [2.05, 4.69) is 260 Å². The molecule has 2 nitrogen and oxygen atoms in total. The van der Waals surface area contributed by atoms with E-state index >= 15 is 0 Å². The van der Waals surface area contributed by atoms with E-state index in [1.54, 1.807) is 0 Å². The van der Waals surface area contributed by atoms with Crippen LogP contribution in [0, 0.1) is 0 Å². The quantitative estimate of drug-likeness (QED) is 0.162. The summed E-state index contributed by atoms with van der Waals surface area (Å²) in [7, 11) is 0. The van der Waals surface area contributed by atoms with Crippen LogP contribution in [0.5, 0.6) is 0 Å². The molecule has 0 aromatic heterocycles. The zero-order chi connectivity index (χ0) is 48.7. The van der Waals surface area contributed by atoms with Crippen LogP contribution in [0.4, 0.5) is 34.1 Å². The van der Waals surface area contributed by atoms with Crippen LogP contribution < -0.4 is 26.2 Å². The number of anilines is 6. The van der Waals surface area contributed by atoms with Crippen molar-refractivity contribution in [2.45, 2.75) is 150 Å². The Kier molecular flexibility index (Phi) is 10.4. The standard InChI is InChI=1S/C65H73BN2/c1-60(2,3)43-28-23-29-47(32-43)67-54-35-44(61(4,5)6)30-31-52(54)66-53-38-50-51(65(15,16)40-64(50,13)14)39-55(53)68(57-37-46(63(10,11)12)36-56(67)58(57)66)59-48(41-24-19-17-20-25-41)33-45(62(7,8)9)34-49(59)42-26-21-18-22-27-42/h17-39H,40H2,1-16H3. The smallest absolute Gasteiger partial charge is 0.252 e. The summed E-state index contributed by atoms with van der Waals surface area (Å²) in [6, 6.07) is 54.7. The highest BCUT2D eigenvalue weighted by atomic mass is 15.2. The van der Waals surface area contributed by atoms with E-state index in [1.165, 1.54) is 106 Å². The molecule has 0 N–H and O–H groups in total. The van der Waals surface area contributed by atoms with Gasteiger partial charge in [-0.3, -0.25) is 0 Å². The molecule has 0 bridgehead atoms. The Morgan fingerprint density at radius 3 is 1.38 bits per heavy atom. The molecule has 2 aliphatic heterocycles. The lowest BCUT2D eigenvalue weighted by Crippen LogP contribution is -2.61. The van der Waals surface area contributed by atoms with Crippen LogP contribution in [0.25, 0.3) is 22.3 Å². The molecule has 346 valence electrons. The molecule has 0 saturated heterocycles. The van der Waals surface area contributed by atoms with Gasteiger partial charge >= 0.3 is 0 Å². The summed E-state index contributed by atoms with van der Waals surface area (Å²) in [4.78, 5) is 5.39. The molecule has 10 rings (SSSR count). The Balaban J connectivity index is 1.43.